The summed E-state index contributed by atoms with van der Waals surface area (Å²) in [5.74, 6) is 0.696. The van der Waals surface area contributed by atoms with Crippen LogP contribution in [-0.2, 0) is 35.4 Å². The number of rotatable bonds is 17. The van der Waals surface area contributed by atoms with Gasteiger partial charge in [-0.1, -0.05) is 50.6 Å². The molecule has 0 radical (unpaired) electrons. The van der Waals surface area contributed by atoms with E-state index in [0.717, 1.165) is 5.56 Å². The van der Waals surface area contributed by atoms with Gasteiger partial charge in [0.05, 0.1) is 42.8 Å². The lowest BCUT2D eigenvalue weighted by molar-refractivity contribution is -0.0907. The van der Waals surface area contributed by atoms with E-state index < -0.39 is 52.2 Å². The Bertz CT molecular complexity index is 1540. The fourth-order valence-corrected chi connectivity index (χ4v) is 8.11. The molecule has 0 aromatic heterocycles. The second-order valence-electron chi connectivity index (χ2n) is 13.6. The number of unbranched alkanes of at least 4 members (excludes halogenated alkanes) is 1. The number of aliphatic hydroxyl groups is 1. The molecule has 5 atom stereocenters. The summed E-state index contributed by atoms with van der Waals surface area (Å²) >= 11 is 0. The van der Waals surface area contributed by atoms with Gasteiger partial charge in [-0.05, 0) is 55.7 Å². The zero-order valence-electron chi connectivity index (χ0n) is 28.9. The standard InChI is InChI=1S/C35H49N3O11S/c1-4-44-33(40)36-16-9-8-15-35(2,3)22-38(50(42,43)25-12-13-29-30(19-25)48-23-47-29)20-28(39)27(18-24-10-6-5-7-11-24)37-34(41)49-31-21-46-32-26(31)14-17-45-32/h5-7,10-13,19,26-28,31-32,39H,4,8-9,14-18,20-23H2,1-3H3,(H,36,40)(H,37,41)/t26-,27+,28-,31-,32+/m1/s1. The van der Waals surface area contributed by atoms with Crippen LogP contribution < -0.4 is 20.1 Å². The van der Waals surface area contributed by atoms with E-state index >= 15 is 0 Å². The van der Waals surface area contributed by atoms with Crippen molar-refractivity contribution in [1.29, 1.82) is 0 Å². The predicted octanol–water partition coefficient (Wildman–Crippen LogP) is 3.81. The number of carbonyl (C=O) groups is 2. The number of nitrogens with zero attached hydrogens (tertiary/aromatic N) is 1. The lowest BCUT2D eigenvalue weighted by Crippen LogP contribution is -2.52. The Morgan fingerprint density at radius 3 is 2.62 bits per heavy atom. The van der Waals surface area contributed by atoms with E-state index in [9.17, 15) is 23.1 Å². The number of hydrogen-bond donors (Lipinski definition) is 3. The lowest BCUT2D eigenvalue weighted by atomic mass is 9.87. The molecule has 3 N–H and O–H groups in total. The molecular weight excluding hydrogens is 670 g/mol. The lowest BCUT2D eigenvalue weighted by Gasteiger charge is -2.35. The Morgan fingerprint density at radius 1 is 1.06 bits per heavy atom. The zero-order valence-corrected chi connectivity index (χ0v) is 29.7. The molecule has 2 saturated heterocycles. The van der Waals surface area contributed by atoms with E-state index in [2.05, 4.69) is 10.6 Å². The Hall–Kier alpha value is -3.63. The fourth-order valence-electron chi connectivity index (χ4n) is 6.45. The van der Waals surface area contributed by atoms with Crippen molar-refractivity contribution >= 4 is 22.2 Å². The van der Waals surface area contributed by atoms with Gasteiger partial charge >= 0.3 is 12.2 Å². The summed E-state index contributed by atoms with van der Waals surface area (Å²) in [5.41, 5.74) is 0.309. The van der Waals surface area contributed by atoms with Crippen LogP contribution in [0.5, 0.6) is 11.5 Å². The van der Waals surface area contributed by atoms with Crippen molar-refractivity contribution in [2.45, 2.75) is 82.3 Å². The predicted molar refractivity (Wildman–Crippen MR) is 181 cm³/mol. The molecule has 2 amide bonds. The van der Waals surface area contributed by atoms with Crippen molar-refractivity contribution in [3.05, 3.63) is 54.1 Å². The number of nitrogens with one attached hydrogen (secondary N) is 2. The summed E-state index contributed by atoms with van der Waals surface area (Å²) in [4.78, 5) is 24.9. The minimum absolute atomic E-state index is 0.00932. The Kier molecular flexibility index (Phi) is 12.8. The summed E-state index contributed by atoms with van der Waals surface area (Å²) in [6.45, 7) is 6.85. The normalized spacial score (nSPS) is 21.0. The first-order valence-electron chi connectivity index (χ1n) is 17.2. The number of aliphatic hydroxyl groups excluding tert-OH is 1. The maximum atomic E-state index is 14.3. The van der Waals surface area contributed by atoms with Gasteiger partial charge in [0.1, 0.15) is 6.10 Å². The molecule has 2 aromatic rings. The third-order valence-electron chi connectivity index (χ3n) is 9.11. The van der Waals surface area contributed by atoms with Gasteiger partial charge in [0.2, 0.25) is 16.8 Å². The van der Waals surface area contributed by atoms with Gasteiger partial charge < -0.3 is 44.2 Å². The van der Waals surface area contributed by atoms with E-state index in [1.807, 2.05) is 44.2 Å². The maximum Gasteiger partial charge on any atom is 0.407 e. The molecule has 0 saturated carbocycles. The molecule has 0 spiro atoms. The van der Waals surface area contributed by atoms with Gasteiger partial charge in [-0.3, -0.25) is 0 Å². The highest BCUT2D eigenvalue weighted by Gasteiger charge is 2.44. The quantitative estimate of drug-likeness (QED) is 0.203. The van der Waals surface area contributed by atoms with Crippen LogP contribution in [0.4, 0.5) is 9.59 Å². The Morgan fingerprint density at radius 2 is 1.84 bits per heavy atom. The minimum Gasteiger partial charge on any atom is -0.454 e. The molecule has 3 aliphatic rings. The minimum atomic E-state index is -4.18. The highest BCUT2D eigenvalue weighted by atomic mass is 32.2. The molecule has 3 heterocycles. The highest BCUT2D eigenvalue weighted by Crippen LogP contribution is 2.36. The molecule has 15 heteroatoms. The van der Waals surface area contributed by atoms with Gasteiger partial charge in [0, 0.05) is 25.7 Å². The van der Waals surface area contributed by atoms with E-state index in [4.69, 9.17) is 28.4 Å². The van der Waals surface area contributed by atoms with Gasteiger partial charge in [-0.25, -0.2) is 18.0 Å². The number of hydrogen-bond acceptors (Lipinski definition) is 11. The van der Waals surface area contributed by atoms with Crippen LogP contribution in [0.3, 0.4) is 0 Å². The number of sulfonamides is 1. The van der Waals surface area contributed by atoms with Crippen LogP contribution in [-0.4, -0.2) is 101 Å². The van der Waals surface area contributed by atoms with E-state index in [1.165, 1.54) is 16.4 Å². The number of alkyl carbamates (subject to hydrolysis) is 2. The van der Waals surface area contributed by atoms with Crippen molar-refractivity contribution in [2.75, 3.05) is 46.2 Å². The van der Waals surface area contributed by atoms with Crippen LogP contribution >= 0.6 is 0 Å². The van der Waals surface area contributed by atoms with Crippen molar-refractivity contribution < 1.29 is 51.5 Å². The van der Waals surface area contributed by atoms with Crippen molar-refractivity contribution in [3.63, 3.8) is 0 Å². The molecular formula is C35H49N3O11S. The van der Waals surface area contributed by atoms with Gasteiger partial charge in [-0.2, -0.15) is 4.31 Å². The first-order valence-corrected chi connectivity index (χ1v) is 18.6. The van der Waals surface area contributed by atoms with Crippen molar-refractivity contribution in [1.82, 2.24) is 14.9 Å². The first-order chi connectivity index (χ1) is 23.9. The Balaban J connectivity index is 1.32. The monoisotopic (exact) mass is 719 g/mol. The summed E-state index contributed by atoms with van der Waals surface area (Å²) in [6, 6.07) is 12.9. The molecule has 50 heavy (non-hydrogen) atoms. The van der Waals surface area contributed by atoms with Gasteiger partial charge in [0.15, 0.2) is 17.8 Å². The number of carbonyl (C=O) groups excluding carboxylic acids is 2. The van der Waals surface area contributed by atoms with E-state index in [0.29, 0.717) is 50.3 Å². The molecule has 3 aliphatic heterocycles. The maximum absolute atomic E-state index is 14.3. The van der Waals surface area contributed by atoms with Crippen molar-refractivity contribution in [3.8, 4) is 11.5 Å². The van der Waals surface area contributed by atoms with Crippen molar-refractivity contribution in [2.24, 2.45) is 11.3 Å². The van der Waals surface area contributed by atoms with Crippen LogP contribution in [0.25, 0.3) is 0 Å². The van der Waals surface area contributed by atoms with Crippen LogP contribution in [0.1, 0.15) is 52.0 Å². The molecule has 14 nitrogen and oxygen atoms in total. The summed E-state index contributed by atoms with van der Waals surface area (Å²) in [7, 11) is -4.18. The highest BCUT2D eigenvalue weighted by molar-refractivity contribution is 7.89. The molecule has 2 fully saturated rings. The topological polar surface area (TPSA) is 171 Å². The van der Waals surface area contributed by atoms with E-state index in [-0.39, 0.29) is 50.3 Å². The molecule has 5 rings (SSSR count). The second-order valence-corrected chi connectivity index (χ2v) is 15.5. The second kappa shape index (κ2) is 17.1. The summed E-state index contributed by atoms with van der Waals surface area (Å²) in [6.07, 6.45) is -0.464. The summed E-state index contributed by atoms with van der Waals surface area (Å²) < 4.78 is 62.6. The van der Waals surface area contributed by atoms with Crippen LogP contribution in [0, 0.1) is 11.3 Å². The number of benzene rings is 2. The largest absolute Gasteiger partial charge is 0.454 e. The third-order valence-corrected chi connectivity index (χ3v) is 10.9. The SMILES string of the molecule is CCOC(=O)NCCCCC(C)(C)CN(C[C@@H](O)[C@H](Cc1ccccc1)NC(=O)O[C@@H]1CO[C@@H]2OCC[C@@H]21)S(=O)(=O)c1ccc2c(c1)OCO2. The third kappa shape index (κ3) is 10.00. The smallest absolute Gasteiger partial charge is 0.407 e. The Labute approximate surface area is 293 Å². The average molecular weight is 720 g/mol. The van der Waals surface area contributed by atoms with Gasteiger partial charge in [0.25, 0.3) is 0 Å². The zero-order chi connectivity index (χ0) is 35.7. The molecule has 0 bridgehead atoms. The van der Waals surface area contributed by atoms with Crippen LogP contribution in [0.2, 0.25) is 0 Å². The molecule has 0 aliphatic carbocycles. The number of fused-ring (bicyclic) bond motifs is 2. The van der Waals surface area contributed by atoms with E-state index in [1.54, 1.807) is 13.0 Å². The molecule has 276 valence electrons. The fraction of sp³-hybridized carbons (Fsp3) is 0.600. The first kappa shape index (κ1) is 37.6. The van der Waals surface area contributed by atoms with Gasteiger partial charge in [-0.15, -0.1) is 0 Å². The molecule has 0 unspecified atom stereocenters. The number of ether oxygens (including phenoxy) is 6. The van der Waals surface area contributed by atoms with Crippen LogP contribution in [0.15, 0.2) is 53.4 Å². The number of amides is 2. The molecule has 2 aromatic carbocycles. The average Bonchev–Trinajstić information content (AvgIpc) is 3.83. The summed E-state index contributed by atoms with van der Waals surface area (Å²) in [5, 5.41) is 17.3.